The van der Waals surface area contributed by atoms with Gasteiger partial charge in [0, 0.05) is 55.9 Å². The molecule has 0 saturated carbocycles. The van der Waals surface area contributed by atoms with Gasteiger partial charge in [-0.1, -0.05) is 6.10 Å². The van der Waals surface area contributed by atoms with Crippen LogP contribution in [0.25, 0.3) is 0 Å². The standard InChI is InChI=1S/C12H18N2O5.2Hg.2Na.2H2O/c1-7(18-3)5-9-10(15)13-12(17)14(11(9)16)6-8(2)19-4;;;;;;/h7-8,16H,1-2,5-6H2,3-4H3,(H,13,15,17);;;;;2*1H2/q-2;2*+2;;+1;;/p-3. The van der Waals surface area contributed by atoms with Crippen molar-refractivity contribution < 1.29 is 110 Å². The van der Waals surface area contributed by atoms with Crippen LogP contribution in [-0.2, 0) is 77.8 Å². The van der Waals surface area contributed by atoms with Crippen molar-refractivity contribution in [3.8, 4) is 5.88 Å². The van der Waals surface area contributed by atoms with Crippen LogP contribution in [0.3, 0.4) is 0 Å². The summed E-state index contributed by atoms with van der Waals surface area (Å²) in [5, 5.41) is 12.1. The van der Waals surface area contributed by atoms with Crippen molar-refractivity contribution in [2.24, 2.45) is 0 Å². The fraction of sp³-hybridized carbons (Fsp3) is 0.500. The normalized spacial score (nSPS) is 10.9. The molecule has 0 fully saturated rings. The molecule has 9 nitrogen and oxygen atoms in total. The number of methoxy groups -OCH3 is 2. The van der Waals surface area contributed by atoms with Crippen molar-refractivity contribution in [1.82, 2.24) is 9.55 Å². The number of hydrogen-bond acceptors (Lipinski definition) is 7. The number of hydrogen-bond donors (Lipinski definition) is 1. The predicted octanol–water partition coefficient (Wildman–Crippen LogP) is -4.88. The van der Waals surface area contributed by atoms with Gasteiger partial charge in [-0.15, -0.1) is 0 Å². The molecule has 3 N–H and O–H groups in total. The van der Waals surface area contributed by atoms with Gasteiger partial charge in [-0.2, -0.15) is 0 Å². The maximum absolute atomic E-state index is 12.1. The first kappa shape index (κ1) is 41.5. The molecule has 0 saturated heterocycles. The zero-order valence-corrected chi connectivity index (χ0v) is 30.3. The number of nitrogens with one attached hydrogen (secondary N) is 1. The number of aromatic nitrogens is 2. The zero-order chi connectivity index (χ0) is 14.6. The smallest absolute Gasteiger partial charge is 0.870 e. The third-order valence-electron chi connectivity index (χ3n) is 2.73. The topological polar surface area (TPSA) is 156 Å². The molecule has 2 atom stereocenters. The third kappa shape index (κ3) is 13.1. The molecular formula is C12H19Hg2N2Na2O7. The first-order chi connectivity index (χ1) is 8.90. The number of nitrogens with zero attached hydrogens (tertiary/aromatic N) is 1. The van der Waals surface area contributed by atoms with Crippen LogP contribution in [0.1, 0.15) is 5.56 Å². The molecule has 0 aliphatic carbocycles. The summed E-state index contributed by atoms with van der Waals surface area (Å²) in [6.45, 7) is 7.20. The Bertz CT molecular complexity index is 513. The molecule has 0 aromatic carbocycles. The summed E-state index contributed by atoms with van der Waals surface area (Å²) in [7, 11) is 2.83. The molecule has 25 heavy (non-hydrogen) atoms. The van der Waals surface area contributed by atoms with Gasteiger partial charge in [0.15, 0.2) is 0 Å². The van der Waals surface area contributed by atoms with Gasteiger partial charge in [0.25, 0.3) is 5.56 Å². The van der Waals surface area contributed by atoms with E-state index in [-0.39, 0.29) is 144 Å². The van der Waals surface area contributed by atoms with Gasteiger partial charge >= 0.3 is 90.6 Å². The summed E-state index contributed by atoms with van der Waals surface area (Å²) in [4.78, 5) is 25.3. The van der Waals surface area contributed by atoms with E-state index in [9.17, 15) is 14.7 Å². The minimum Gasteiger partial charge on any atom is -0.870 e. The van der Waals surface area contributed by atoms with Crippen LogP contribution >= 0.6 is 0 Å². The van der Waals surface area contributed by atoms with Gasteiger partial charge in [-0.25, -0.2) is 4.79 Å². The van der Waals surface area contributed by atoms with Gasteiger partial charge < -0.3 is 43.9 Å². The van der Waals surface area contributed by atoms with Crippen molar-refractivity contribution >= 4 is 29.6 Å². The fourth-order valence-corrected chi connectivity index (χ4v) is 1.53. The Kier molecular flexibility index (Phi) is 34.7. The second-order valence-electron chi connectivity index (χ2n) is 4.07. The number of ether oxygens (including phenoxy) is 2. The van der Waals surface area contributed by atoms with Crippen molar-refractivity contribution in [2.45, 2.75) is 25.2 Å². The Labute approximate surface area is 231 Å². The Morgan fingerprint density at radius 2 is 1.56 bits per heavy atom. The van der Waals surface area contributed by atoms with Gasteiger partial charge in [-0.05, 0) is 18.4 Å². The molecule has 13 heteroatoms. The summed E-state index contributed by atoms with van der Waals surface area (Å²) >= 11 is 0. The number of aromatic amines is 1. The van der Waals surface area contributed by atoms with Crippen LogP contribution in [0, 0.1) is 13.8 Å². The van der Waals surface area contributed by atoms with Crippen LogP contribution in [0.2, 0.25) is 0 Å². The number of rotatable bonds is 6. The molecule has 0 amide bonds. The van der Waals surface area contributed by atoms with Gasteiger partial charge in [0.2, 0.25) is 0 Å². The van der Waals surface area contributed by atoms with E-state index in [1.54, 1.807) is 0 Å². The molecule has 0 spiro atoms. The van der Waals surface area contributed by atoms with Crippen LogP contribution < -0.4 is 45.9 Å². The summed E-state index contributed by atoms with van der Waals surface area (Å²) in [6, 6.07) is 0. The molecule has 1 aromatic heterocycles. The molecule has 125 valence electrons. The van der Waals surface area contributed by atoms with E-state index in [1.807, 2.05) is 0 Å². The minimum atomic E-state index is -0.775. The van der Waals surface area contributed by atoms with Gasteiger partial charge in [0.1, 0.15) is 0 Å². The summed E-state index contributed by atoms with van der Waals surface area (Å²) < 4.78 is 10.7. The molecule has 0 aliphatic rings. The second-order valence-corrected chi connectivity index (χ2v) is 4.07. The Hall–Kier alpha value is 2.19. The first-order valence-corrected chi connectivity index (χ1v) is 5.65. The molecule has 1 radical (unpaired) electrons. The Morgan fingerprint density at radius 3 is 1.96 bits per heavy atom. The molecule has 1 aromatic rings. The first-order valence-electron chi connectivity index (χ1n) is 5.65. The quantitative estimate of drug-likeness (QED) is 0.226. The van der Waals surface area contributed by atoms with Crippen molar-refractivity contribution in [3.63, 3.8) is 0 Å². The van der Waals surface area contributed by atoms with Gasteiger partial charge in [-0.3, -0.25) is 9.78 Å². The van der Waals surface area contributed by atoms with E-state index in [2.05, 4.69) is 18.8 Å². The van der Waals surface area contributed by atoms with E-state index in [0.29, 0.717) is 0 Å². The van der Waals surface area contributed by atoms with E-state index < -0.39 is 29.3 Å². The average molecular weight is 750 g/mol. The third-order valence-corrected chi connectivity index (χ3v) is 2.73. The van der Waals surface area contributed by atoms with E-state index in [1.165, 1.54) is 14.2 Å². The second kappa shape index (κ2) is 20.9. The fourth-order valence-electron chi connectivity index (χ4n) is 1.53. The SMILES string of the molecule is [CH2-]C(Cc1c([O-])n(CC([CH2-])OC)c(=O)[nH]c1=O)OC.[Hg+2].[Hg+2].[Na+].[Na].[OH-].[OH-]. The molecular weight excluding hydrogens is 731 g/mol. The van der Waals surface area contributed by atoms with Crippen LogP contribution in [0.5, 0.6) is 5.88 Å². The van der Waals surface area contributed by atoms with E-state index >= 15 is 0 Å². The summed E-state index contributed by atoms with van der Waals surface area (Å²) in [6.07, 6.45) is -1.08. The molecule has 1 heterocycles. The monoisotopic (exact) mass is 753 g/mol. The average Bonchev–Trinajstić information content (AvgIpc) is 2.38. The molecule has 2 unspecified atom stereocenters. The van der Waals surface area contributed by atoms with Crippen LogP contribution in [0.4, 0.5) is 0 Å². The molecule has 1 rings (SSSR count). The van der Waals surface area contributed by atoms with Crippen LogP contribution in [0.15, 0.2) is 9.59 Å². The maximum atomic E-state index is 12.1. The molecule has 0 aliphatic heterocycles. The molecule has 0 bridgehead atoms. The number of H-pyrrole nitrogens is 1. The van der Waals surface area contributed by atoms with Crippen molar-refractivity contribution in [3.05, 3.63) is 40.2 Å². The van der Waals surface area contributed by atoms with Crippen LogP contribution in [-0.4, -0.2) is 76.5 Å². The largest absolute Gasteiger partial charge is 2.00 e. The van der Waals surface area contributed by atoms with E-state index in [0.717, 1.165) is 4.57 Å². The zero-order valence-electron chi connectivity index (χ0n) is 15.3. The summed E-state index contributed by atoms with van der Waals surface area (Å²) in [5.74, 6) is -0.662. The van der Waals surface area contributed by atoms with Crippen molar-refractivity contribution in [1.29, 1.82) is 0 Å². The van der Waals surface area contributed by atoms with E-state index in [4.69, 9.17) is 9.47 Å². The minimum absolute atomic E-state index is 0. The van der Waals surface area contributed by atoms with Gasteiger partial charge in [0.05, 0.1) is 0 Å². The van der Waals surface area contributed by atoms with Crippen molar-refractivity contribution in [2.75, 3.05) is 14.2 Å². The maximum Gasteiger partial charge on any atom is 2.00 e. The Morgan fingerprint density at radius 1 is 1.12 bits per heavy atom. The summed E-state index contributed by atoms with van der Waals surface area (Å²) in [5.41, 5.74) is -1.55. The predicted molar refractivity (Wildman–Crippen MR) is 76.4 cm³/mol. The Balaban J connectivity index is -0.000000150.